The molecule has 0 aromatic heterocycles. The first-order valence-corrected chi connectivity index (χ1v) is 8.88. The number of carbonyl (C=O) groups is 2. The Morgan fingerprint density at radius 3 is 2.62 bits per heavy atom. The van der Waals surface area contributed by atoms with Crippen molar-refractivity contribution >= 4 is 23.2 Å². The van der Waals surface area contributed by atoms with Crippen LogP contribution in [0.25, 0.3) is 0 Å². The van der Waals surface area contributed by atoms with Gasteiger partial charge < -0.3 is 15.5 Å². The van der Waals surface area contributed by atoms with Crippen LogP contribution >= 0.6 is 0 Å². The van der Waals surface area contributed by atoms with Crippen molar-refractivity contribution in [2.24, 2.45) is 0 Å². The molecular weight excluding hydrogens is 326 g/mol. The van der Waals surface area contributed by atoms with Crippen molar-refractivity contribution in [3.8, 4) is 0 Å². The molecule has 136 valence electrons. The second-order valence-electron chi connectivity index (χ2n) is 7.56. The molecule has 0 atom stereocenters. The van der Waals surface area contributed by atoms with Gasteiger partial charge in [0.2, 0.25) is 5.91 Å². The Morgan fingerprint density at radius 1 is 1.08 bits per heavy atom. The predicted molar refractivity (Wildman–Crippen MR) is 105 cm³/mol. The van der Waals surface area contributed by atoms with Gasteiger partial charge in [-0.05, 0) is 57.0 Å². The van der Waals surface area contributed by atoms with Crippen LogP contribution < -0.4 is 15.5 Å². The van der Waals surface area contributed by atoms with Crippen molar-refractivity contribution in [2.45, 2.75) is 32.7 Å². The molecule has 0 bridgehead atoms. The van der Waals surface area contributed by atoms with E-state index in [2.05, 4.69) is 16.7 Å². The van der Waals surface area contributed by atoms with Gasteiger partial charge >= 0.3 is 0 Å². The molecule has 2 amide bonds. The van der Waals surface area contributed by atoms with Gasteiger partial charge in [-0.15, -0.1) is 0 Å². The van der Waals surface area contributed by atoms with Gasteiger partial charge in [-0.2, -0.15) is 0 Å². The van der Waals surface area contributed by atoms with Crippen LogP contribution in [0, 0.1) is 0 Å². The van der Waals surface area contributed by atoms with E-state index in [1.54, 1.807) is 12.1 Å². The molecule has 0 aliphatic carbocycles. The lowest BCUT2D eigenvalue weighted by molar-refractivity contribution is -0.116. The average molecular weight is 351 g/mol. The van der Waals surface area contributed by atoms with Gasteiger partial charge in [0, 0.05) is 29.0 Å². The third kappa shape index (κ3) is 4.23. The van der Waals surface area contributed by atoms with Crippen LogP contribution in [0.4, 0.5) is 11.4 Å². The number of hydrogen-bond acceptors (Lipinski definition) is 3. The smallest absolute Gasteiger partial charge is 0.251 e. The van der Waals surface area contributed by atoms with E-state index in [1.807, 2.05) is 56.0 Å². The van der Waals surface area contributed by atoms with Crippen molar-refractivity contribution in [3.05, 3.63) is 59.7 Å². The zero-order valence-electron chi connectivity index (χ0n) is 15.5. The third-order valence-corrected chi connectivity index (χ3v) is 4.25. The number of rotatable bonds is 4. The fourth-order valence-electron chi connectivity index (χ4n) is 3.05. The largest absolute Gasteiger partial charge is 0.376 e. The van der Waals surface area contributed by atoms with Gasteiger partial charge in [0.1, 0.15) is 0 Å². The van der Waals surface area contributed by atoms with Crippen molar-refractivity contribution in [2.75, 3.05) is 23.3 Å². The van der Waals surface area contributed by atoms with E-state index in [9.17, 15) is 9.59 Å². The van der Waals surface area contributed by atoms with Crippen molar-refractivity contribution in [3.63, 3.8) is 0 Å². The maximum absolute atomic E-state index is 12.6. The van der Waals surface area contributed by atoms with Gasteiger partial charge in [0.15, 0.2) is 0 Å². The SMILES string of the molecule is CC(C)(C)NC(=O)c1cccc(NCC(=O)N2CCc3ccccc32)c1. The summed E-state index contributed by atoms with van der Waals surface area (Å²) in [6.07, 6.45) is 0.893. The number of fused-ring (bicyclic) bond motifs is 1. The zero-order valence-corrected chi connectivity index (χ0v) is 15.5. The Balaban J connectivity index is 1.63. The fraction of sp³-hybridized carbons (Fsp3) is 0.333. The summed E-state index contributed by atoms with van der Waals surface area (Å²) >= 11 is 0. The number of nitrogens with zero attached hydrogens (tertiary/aromatic N) is 1. The highest BCUT2D eigenvalue weighted by Gasteiger charge is 2.23. The normalized spacial score (nSPS) is 13.3. The van der Waals surface area contributed by atoms with E-state index in [0.717, 1.165) is 17.8 Å². The summed E-state index contributed by atoms with van der Waals surface area (Å²) < 4.78 is 0. The molecule has 0 radical (unpaired) electrons. The molecule has 2 aromatic carbocycles. The monoisotopic (exact) mass is 351 g/mol. The molecule has 1 aliphatic heterocycles. The number of hydrogen-bond donors (Lipinski definition) is 2. The van der Waals surface area contributed by atoms with Crippen molar-refractivity contribution in [1.29, 1.82) is 0 Å². The van der Waals surface area contributed by atoms with Gasteiger partial charge in [0.25, 0.3) is 5.91 Å². The standard InChI is InChI=1S/C21H25N3O2/c1-21(2,3)23-20(26)16-8-6-9-17(13-16)22-14-19(25)24-12-11-15-7-4-5-10-18(15)24/h4-10,13,22H,11-12,14H2,1-3H3,(H,23,26). The summed E-state index contributed by atoms with van der Waals surface area (Å²) in [4.78, 5) is 26.7. The first kappa shape index (κ1) is 18.0. The van der Waals surface area contributed by atoms with Crippen molar-refractivity contribution < 1.29 is 9.59 Å². The Hall–Kier alpha value is -2.82. The van der Waals surface area contributed by atoms with Gasteiger partial charge in [-0.1, -0.05) is 24.3 Å². The van der Waals surface area contributed by atoms with Crippen LogP contribution in [0.2, 0.25) is 0 Å². The molecule has 1 aliphatic rings. The summed E-state index contributed by atoms with van der Waals surface area (Å²) in [7, 11) is 0. The number of amides is 2. The quantitative estimate of drug-likeness (QED) is 0.889. The lowest BCUT2D eigenvalue weighted by Gasteiger charge is -2.21. The molecule has 0 saturated heterocycles. The summed E-state index contributed by atoms with van der Waals surface area (Å²) in [6, 6.07) is 15.2. The van der Waals surface area contributed by atoms with Gasteiger partial charge in [-0.25, -0.2) is 0 Å². The van der Waals surface area contributed by atoms with Crippen LogP contribution in [0.15, 0.2) is 48.5 Å². The number of para-hydroxylation sites is 1. The maximum Gasteiger partial charge on any atom is 0.251 e. The molecule has 26 heavy (non-hydrogen) atoms. The van der Waals surface area contributed by atoms with Crippen LogP contribution in [-0.2, 0) is 11.2 Å². The number of anilines is 2. The summed E-state index contributed by atoms with van der Waals surface area (Å²) in [5.74, 6) is -0.0968. The highest BCUT2D eigenvalue weighted by molar-refractivity contribution is 5.98. The van der Waals surface area contributed by atoms with Crippen LogP contribution in [-0.4, -0.2) is 30.4 Å². The minimum atomic E-state index is -0.292. The first-order chi connectivity index (χ1) is 12.3. The van der Waals surface area contributed by atoms with E-state index < -0.39 is 0 Å². The van der Waals surface area contributed by atoms with Crippen molar-refractivity contribution in [1.82, 2.24) is 5.32 Å². The topological polar surface area (TPSA) is 61.4 Å². The first-order valence-electron chi connectivity index (χ1n) is 8.88. The molecule has 0 fully saturated rings. The minimum absolute atomic E-state index is 0.0273. The van der Waals surface area contributed by atoms with E-state index >= 15 is 0 Å². The molecule has 0 saturated carbocycles. The summed E-state index contributed by atoms with van der Waals surface area (Å²) in [6.45, 7) is 6.74. The second kappa shape index (κ2) is 7.20. The fourth-order valence-corrected chi connectivity index (χ4v) is 3.05. The maximum atomic E-state index is 12.6. The molecule has 5 nitrogen and oxygen atoms in total. The third-order valence-electron chi connectivity index (χ3n) is 4.25. The van der Waals surface area contributed by atoms with Gasteiger partial charge in [-0.3, -0.25) is 9.59 Å². The predicted octanol–water partition coefficient (Wildman–Crippen LogP) is 3.22. The minimum Gasteiger partial charge on any atom is -0.376 e. The van der Waals surface area contributed by atoms with E-state index in [4.69, 9.17) is 0 Å². The Morgan fingerprint density at radius 2 is 1.85 bits per heavy atom. The molecule has 2 N–H and O–H groups in total. The van der Waals surface area contributed by atoms with Crippen LogP contribution in [0.3, 0.4) is 0 Å². The number of nitrogens with one attached hydrogen (secondary N) is 2. The molecule has 0 spiro atoms. The lowest BCUT2D eigenvalue weighted by atomic mass is 10.1. The molecule has 1 heterocycles. The Labute approximate surface area is 154 Å². The molecular formula is C21H25N3O2. The summed E-state index contributed by atoms with van der Waals surface area (Å²) in [5.41, 5.74) is 3.25. The lowest BCUT2D eigenvalue weighted by Crippen LogP contribution is -2.40. The van der Waals surface area contributed by atoms with Crippen LogP contribution in [0.1, 0.15) is 36.7 Å². The molecule has 2 aromatic rings. The zero-order chi connectivity index (χ0) is 18.7. The van der Waals surface area contributed by atoms with Crippen LogP contribution in [0.5, 0.6) is 0 Å². The van der Waals surface area contributed by atoms with E-state index in [1.165, 1.54) is 5.56 Å². The molecule has 0 unspecified atom stereocenters. The highest BCUT2D eigenvalue weighted by Crippen LogP contribution is 2.27. The number of benzene rings is 2. The number of carbonyl (C=O) groups excluding carboxylic acids is 2. The molecule has 3 rings (SSSR count). The second-order valence-corrected chi connectivity index (χ2v) is 7.56. The van der Waals surface area contributed by atoms with Gasteiger partial charge in [0.05, 0.1) is 6.54 Å². The average Bonchev–Trinajstić information content (AvgIpc) is 3.02. The highest BCUT2D eigenvalue weighted by atomic mass is 16.2. The summed E-state index contributed by atoms with van der Waals surface area (Å²) in [5, 5.41) is 6.08. The molecule has 5 heteroatoms. The Kier molecular flexibility index (Phi) is 4.98. The van der Waals surface area contributed by atoms with E-state index in [-0.39, 0.29) is 23.9 Å². The Bertz CT molecular complexity index is 824. The van der Waals surface area contributed by atoms with E-state index in [0.29, 0.717) is 12.1 Å².